The van der Waals surface area contributed by atoms with Crippen molar-refractivity contribution in [2.24, 2.45) is 0 Å². The van der Waals surface area contributed by atoms with E-state index < -0.39 is 8.56 Å². The fourth-order valence-electron chi connectivity index (χ4n) is 1.61. The van der Waals surface area contributed by atoms with Gasteiger partial charge in [-0.2, -0.15) is 0 Å². The van der Waals surface area contributed by atoms with Crippen molar-refractivity contribution in [3.05, 3.63) is 0 Å². The molecule has 13 heavy (non-hydrogen) atoms. The maximum Gasteiger partial charge on any atom is 0.345 e. The van der Waals surface area contributed by atoms with E-state index in [4.69, 9.17) is 13.6 Å². The summed E-state index contributed by atoms with van der Waals surface area (Å²) in [6.07, 6.45) is 0. The van der Waals surface area contributed by atoms with Gasteiger partial charge in [0, 0.05) is 13.2 Å². The third-order valence-corrected chi connectivity index (χ3v) is 6.94. The average molecular weight is 204 g/mol. The van der Waals surface area contributed by atoms with Crippen LogP contribution in [0.15, 0.2) is 0 Å². The molecule has 1 saturated heterocycles. The fraction of sp³-hybridized carbons (Fsp3) is 1.00. The van der Waals surface area contributed by atoms with Gasteiger partial charge in [-0.15, -0.1) is 0 Å². The zero-order chi connectivity index (χ0) is 9.95. The molecule has 0 aromatic carbocycles. The first-order valence-electron chi connectivity index (χ1n) is 4.93. The standard InChI is InChI=1S/C9H20O3Si/c1-5-11-13(4,12-6-2)9(3)7-10-8-9/h5-8H2,1-4H3. The highest BCUT2D eigenvalue weighted by Crippen LogP contribution is 2.45. The summed E-state index contributed by atoms with van der Waals surface area (Å²) in [4.78, 5) is 0. The lowest BCUT2D eigenvalue weighted by atomic mass is 10.1. The van der Waals surface area contributed by atoms with E-state index in [0.717, 1.165) is 26.4 Å². The molecule has 0 aliphatic carbocycles. The lowest BCUT2D eigenvalue weighted by Crippen LogP contribution is -2.58. The van der Waals surface area contributed by atoms with E-state index in [1.165, 1.54) is 0 Å². The maximum absolute atomic E-state index is 5.81. The molecule has 1 aliphatic rings. The van der Waals surface area contributed by atoms with Crippen molar-refractivity contribution in [2.45, 2.75) is 32.4 Å². The summed E-state index contributed by atoms with van der Waals surface area (Å²) in [5, 5.41) is 0.152. The second kappa shape index (κ2) is 4.08. The molecular formula is C9H20O3Si. The minimum absolute atomic E-state index is 0.152. The summed E-state index contributed by atoms with van der Waals surface area (Å²) in [5.41, 5.74) is 0. The summed E-state index contributed by atoms with van der Waals surface area (Å²) < 4.78 is 16.9. The highest BCUT2D eigenvalue weighted by molar-refractivity contribution is 6.69. The molecule has 1 fully saturated rings. The molecule has 0 aromatic rings. The van der Waals surface area contributed by atoms with Crippen LogP contribution in [0.2, 0.25) is 11.6 Å². The third-order valence-electron chi connectivity index (χ3n) is 2.78. The van der Waals surface area contributed by atoms with E-state index in [1.807, 2.05) is 13.8 Å². The number of rotatable bonds is 5. The first-order chi connectivity index (χ1) is 6.08. The van der Waals surface area contributed by atoms with Crippen molar-refractivity contribution in [3.8, 4) is 0 Å². The third kappa shape index (κ3) is 1.96. The Bertz CT molecular complexity index is 162. The Hall–Kier alpha value is 0.0969. The lowest BCUT2D eigenvalue weighted by molar-refractivity contribution is -0.0409. The maximum atomic E-state index is 5.81. The van der Waals surface area contributed by atoms with Crippen LogP contribution in [0.5, 0.6) is 0 Å². The van der Waals surface area contributed by atoms with Gasteiger partial charge in [-0.25, -0.2) is 0 Å². The number of hydrogen-bond donors (Lipinski definition) is 0. The van der Waals surface area contributed by atoms with Gasteiger partial charge in [0.2, 0.25) is 0 Å². The van der Waals surface area contributed by atoms with Gasteiger partial charge in [-0.1, -0.05) is 6.92 Å². The molecule has 78 valence electrons. The van der Waals surface area contributed by atoms with Crippen LogP contribution < -0.4 is 0 Å². The van der Waals surface area contributed by atoms with Gasteiger partial charge in [0.1, 0.15) is 0 Å². The normalized spacial score (nSPS) is 21.2. The topological polar surface area (TPSA) is 27.7 Å². The van der Waals surface area contributed by atoms with Gasteiger partial charge in [0.15, 0.2) is 0 Å². The Morgan fingerprint density at radius 1 is 1.23 bits per heavy atom. The summed E-state index contributed by atoms with van der Waals surface area (Å²) in [5.74, 6) is 0. The highest BCUT2D eigenvalue weighted by Gasteiger charge is 2.55. The smallest absolute Gasteiger partial charge is 0.345 e. The van der Waals surface area contributed by atoms with E-state index >= 15 is 0 Å². The SMILES string of the molecule is CCO[Si](C)(OCC)C1(C)COC1. The van der Waals surface area contributed by atoms with Crippen LogP contribution >= 0.6 is 0 Å². The van der Waals surface area contributed by atoms with Gasteiger partial charge in [-0.3, -0.25) is 0 Å². The van der Waals surface area contributed by atoms with Crippen molar-refractivity contribution < 1.29 is 13.6 Å². The van der Waals surface area contributed by atoms with Crippen LogP contribution in [-0.4, -0.2) is 35.0 Å². The predicted molar refractivity (Wildman–Crippen MR) is 54.1 cm³/mol. The molecule has 0 unspecified atom stereocenters. The first-order valence-corrected chi connectivity index (χ1v) is 7.25. The molecule has 1 rings (SSSR count). The molecule has 0 amide bonds. The molecule has 0 bridgehead atoms. The van der Waals surface area contributed by atoms with Gasteiger partial charge in [0.25, 0.3) is 0 Å². The molecule has 1 aliphatic heterocycles. The van der Waals surface area contributed by atoms with Gasteiger partial charge in [-0.05, 0) is 20.4 Å². The molecule has 0 atom stereocenters. The van der Waals surface area contributed by atoms with E-state index in [9.17, 15) is 0 Å². The molecule has 3 nitrogen and oxygen atoms in total. The molecule has 1 heterocycles. The molecule has 0 saturated carbocycles. The van der Waals surface area contributed by atoms with Gasteiger partial charge in [0.05, 0.1) is 18.3 Å². The summed E-state index contributed by atoms with van der Waals surface area (Å²) in [7, 11) is -2.02. The summed E-state index contributed by atoms with van der Waals surface area (Å²) in [6.45, 7) is 11.4. The monoisotopic (exact) mass is 204 g/mol. The van der Waals surface area contributed by atoms with Crippen molar-refractivity contribution >= 4 is 8.56 Å². The molecule has 0 spiro atoms. The van der Waals surface area contributed by atoms with Crippen LogP contribution in [0.1, 0.15) is 20.8 Å². The fourth-order valence-corrected chi connectivity index (χ4v) is 4.22. The minimum Gasteiger partial charge on any atom is -0.394 e. The lowest BCUT2D eigenvalue weighted by Gasteiger charge is -2.48. The van der Waals surface area contributed by atoms with Crippen molar-refractivity contribution in [3.63, 3.8) is 0 Å². The molecular weight excluding hydrogens is 184 g/mol. The zero-order valence-electron chi connectivity index (χ0n) is 9.05. The number of hydrogen-bond acceptors (Lipinski definition) is 3. The molecule has 4 heteroatoms. The van der Waals surface area contributed by atoms with Crippen molar-refractivity contribution in [1.29, 1.82) is 0 Å². The Balaban J connectivity index is 2.64. The van der Waals surface area contributed by atoms with Crippen LogP contribution in [0.25, 0.3) is 0 Å². The van der Waals surface area contributed by atoms with Crippen LogP contribution in [0, 0.1) is 0 Å². The van der Waals surface area contributed by atoms with E-state index in [0.29, 0.717) is 0 Å². The zero-order valence-corrected chi connectivity index (χ0v) is 10.1. The van der Waals surface area contributed by atoms with E-state index in [-0.39, 0.29) is 5.04 Å². The Kier molecular flexibility index (Phi) is 3.51. The Morgan fingerprint density at radius 3 is 1.92 bits per heavy atom. The van der Waals surface area contributed by atoms with Crippen LogP contribution in [0.4, 0.5) is 0 Å². The van der Waals surface area contributed by atoms with Gasteiger partial charge < -0.3 is 13.6 Å². The minimum atomic E-state index is -2.02. The van der Waals surface area contributed by atoms with Gasteiger partial charge >= 0.3 is 8.56 Å². The summed E-state index contributed by atoms with van der Waals surface area (Å²) in [6, 6.07) is 0. The van der Waals surface area contributed by atoms with Crippen LogP contribution in [-0.2, 0) is 13.6 Å². The second-order valence-electron chi connectivity index (χ2n) is 3.87. The molecule has 0 radical (unpaired) electrons. The predicted octanol–water partition coefficient (Wildman–Crippen LogP) is 1.92. The Morgan fingerprint density at radius 2 is 1.69 bits per heavy atom. The summed E-state index contributed by atoms with van der Waals surface area (Å²) >= 11 is 0. The molecule has 0 aromatic heterocycles. The van der Waals surface area contributed by atoms with Crippen molar-refractivity contribution in [1.82, 2.24) is 0 Å². The van der Waals surface area contributed by atoms with E-state index in [2.05, 4.69) is 13.5 Å². The van der Waals surface area contributed by atoms with Crippen molar-refractivity contribution in [2.75, 3.05) is 26.4 Å². The van der Waals surface area contributed by atoms with E-state index in [1.54, 1.807) is 0 Å². The molecule has 0 N–H and O–H groups in total. The first kappa shape index (κ1) is 11.2. The Labute approximate surface area is 81.6 Å². The number of ether oxygens (including phenoxy) is 1. The largest absolute Gasteiger partial charge is 0.394 e. The highest BCUT2D eigenvalue weighted by atomic mass is 28.4. The quantitative estimate of drug-likeness (QED) is 0.640. The second-order valence-corrected chi connectivity index (χ2v) is 7.54. The average Bonchev–Trinajstić information content (AvgIpc) is 2.01. The van der Waals surface area contributed by atoms with Crippen LogP contribution in [0.3, 0.4) is 0 Å².